The van der Waals surface area contributed by atoms with Crippen molar-refractivity contribution < 1.29 is 5.11 Å². The van der Waals surface area contributed by atoms with Crippen molar-refractivity contribution in [1.29, 1.82) is 0 Å². The van der Waals surface area contributed by atoms with E-state index >= 15 is 0 Å². The van der Waals surface area contributed by atoms with Gasteiger partial charge in [0.1, 0.15) is 4.34 Å². The Morgan fingerprint density at radius 2 is 2.58 bits per heavy atom. The summed E-state index contributed by atoms with van der Waals surface area (Å²) in [5, 5.41) is 8.66. The van der Waals surface area contributed by atoms with E-state index in [9.17, 15) is 0 Å². The molecule has 3 N–H and O–H groups in total. The summed E-state index contributed by atoms with van der Waals surface area (Å²) in [5.74, 6) is 0. The van der Waals surface area contributed by atoms with Crippen LogP contribution >= 0.6 is 23.1 Å². The van der Waals surface area contributed by atoms with E-state index < -0.39 is 0 Å². The van der Waals surface area contributed by atoms with E-state index in [0.717, 1.165) is 9.22 Å². The van der Waals surface area contributed by atoms with Crippen LogP contribution in [0, 0.1) is 0 Å². The number of nitrogens with two attached hydrogens (primary N) is 1. The zero-order valence-corrected chi connectivity index (χ0v) is 8.49. The molecule has 0 aliphatic carbocycles. The van der Waals surface area contributed by atoms with Crippen molar-refractivity contribution in [2.45, 2.75) is 16.8 Å². The van der Waals surface area contributed by atoms with Gasteiger partial charge in [-0.25, -0.2) is 4.98 Å². The Bertz CT molecular complexity index is 239. The van der Waals surface area contributed by atoms with Crippen LogP contribution in [0.5, 0.6) is 0 Å². The zero-order chi connectivity index (χ0) is 8.97. The average Bonchev–Trinajstić information content (AvgIpc) is 2.52. The highest BCUT2D eigenvalue weighted by Crippen LogP contribution is 2.26. The minimum Gasteiger partial charge on any atom is -0.396 e. The van der Waals surface area contributed by atoms with Gasteiger partial charge in [-0.2, -0.15) is 0 Å². The molecule has 1 aromatic heterocycles. The molecule has 12 heavy (non-hydrogen) atoms. The van der Waals surface area contributed by atoms with E-state index in [2.05, 4.69) is 4.98 Å². The second-order valence-electron chi connectivity index (χ2n) is 2.35. The van der Waals surface area contributed by atoms with Gasteiger partial charge in [0.2, 0.25) is 0 Å². The maximum Gasteiger partial charge on any atom is 0.149 e. The Balaban J connectivity index is 2.61. The molecule has 0 saturated carbocycles. The predicted molar refractivity (Wildman–Crippen MR) is 52.5 cm³/mol. The second-order valence-corrected chi connectivity index (χ2v) is 4.47. The Labute approximate surface area is 80.0 Å². The molecule has 0 bridgehead atoms. The van der Waals surface area contributed by atoms with Crippen LogP contribution in [0.4, 0.5) is 0 Å². The van der Waals surface area contributed by atoms with Gasteiger partial charge >= 0.3 is 0 Å². The number of thiazole rings is 1. The van der Waals surface area contributed by atoms with Crippen molar-refractivity contribution >= 4 is 23.1 Å². The standard InChI is InChI=1S/C7H12N2OS2/c1-11-7-9-4-6(12-7)5(8)2-3-10/h4-5,10H,2-3,8H2,1H3. The van der Waals surface area contributed by atoms with Crippen LogP contribution in [0.15, 0.2) is 10.5 Å². The van der Waals surface area contributed by atoms with Gasteiger partial charge in [-0.05, 0) is 12.7 Å². The van der Waals surface area contributed by atoms with Crippen molar-refractivity contribution in [2.24, 2.45) is 5.73 Å². The van der Waals surface area contributed by atoms with Crippen molar-refractivity contribution in [1.82, 2.24) is 4.98 Å². The lowest BCUT2D eigenvalue weighted by Crippen LogP contribution is -2.09. The third-order valence-electron chi connectivity index (χ3n) is 1.48. The largest absolute Gasteiger partial charge is 0.396 e. The zero-order valence-electron chi connectivity index (χ0n) is 6.86. The number of hydrogen-bond acceptors (Lipinski definition) is 5. The van der Waals surface area contributed by atoms with Crippen molar-refractivity contribution in [3.63, 3.8) is 0 Å². The first kappa shape index (κ1) is 9.98. The molecule has 0 saturated heterocycles. The van der Waals surface area contributed by atoms with Gasteiger partial charge in [0.05, 0.1) is 0 Å². The van der Waals surface area contributed by atoms with Crippen LogP contribution in [-0.4, -0.2) is 23.0 Å². The van der Waals surface area contributed by atoms with Crippen LogP contribution in [0.3, 0.4) is 0 Å². The topological polar surface area (TPSA) is 59.1 Å². The summed E-state index contributed by atoms with van der Waals surface area (Å²) in [7, 11) is 0. The van der Waals surface area contributed by atoms with E-state index in [1.54, 1.807) is 29.3 Å². The van der Waals surface area contributed by atoms with E-state index in [1.807, 2.05) is 6.26 Å². The summed E-state index contributed by atoms with van der Waals surface area (Å²) in [6.07, 6.45) is 4.38. The number of rotatable bonds is 4. The molecule has 1 aromatic rings. The van der Waals surface area contributed by atoms with E-state index in [-0.39, 0.29) is 12.6 Å². The van der Waals surface area contributed by atoms with Gasteiger partial charge in [-0.3, -0.25) is 0 Å². The normalized spacial score (nSPS) is 13.2. The van der Waals surface area contributed by atoms with Crippen LogP contribution in [0.2, 0.25) is 0 Å². The van der Waals surface area contributed by atoms with E-state index in [4.69, 9.17) is 10.8 Å². The van der Waals surface area contributed by atoms with Gasteiger partial charge in [-0.15, -0.1) is 11.3 Å². The summed E-state index contributed by atoms with van der Waals surface area (Å²) < 4.78 is 1.03. The first-order valence-electron chi connectivity index (χ1n) is 3.64. The van der Waals surface area contributed by atoms with Crippen molar-refractivity contribution in [2.75, 3.05) is 12.9 Å². The fourth-order valence-corrected chi connectivity index (χ4v) is 2.28. The number of hydrogen-bond donors (Lipinski definition) is 2. The highest BCUT2D eigenvalue weighted by molar-refractivity contribution is 8.00. The molecule has 1 heterocycles. The molecule has 0 fully saturated rings. The third kappa shape index (κ3) is 2.45. The smallest absolute Gasteiger partial charge is 0.149 e. The van der Waals surface area contributed by atoms with Crippen LogP contribution in [-0.2, 0) is 0 Å². The number of nitrogens with zero attached hydrogens (tertiary/aromatic N) is 1. The predicted octanol–water partition coefficient (Wildman–Crippen LogP) is 1.25. The fraction of sp³-hybridized carbons (Fsp3) is 0.571. The van der Waals surface area contributed by atoms with Crippen LogP contribution < -0.4 is 5.73 Å². The summed E-state index contributed by atoms with van der Waals surface area (Å²) in [5.41, 5.74) is 5.77. The maximum absolute atomic E-state index is 8.66. The lowest BCUT2D eigenvalue weighted by molar-refractivity contribution is 0.277. The molecule has 3 nitrogen and oxygen atoms in total. The molecule has 0 aliphatic heterocycles. The number of thioether (sulfide) groups is 1. The van der Waals surface area contributed by atoms with Crippen molar-refractivity contribution in [3.8, 4) is 0 Å². The third-order valence-corrected chi connectivity index (χ3v) is 3.61. The SMILES string of the molecule is CSc1ncc(C(N)CCO)s1. The molecule has 5 heteroatoms. The molecule has 0 aromatic carbocycles. The van der Waals surface area contributed by atoms with Gasteiger partial charge in [0.15, 0.2) is 0 Å². The molecular formula is C7H12N2OS2. The average molecular weight is 204 g/mol. The minimum atomic E-state index is -0.0617. The minimum absolute atomic E-state index is 0.0617. The van der Waals surface area contributed by atoms with E-state index in [0.29, 0.717) is 6.42 Å². The summed E-state index contributed by atoms with van der Waals surface area (Å²) in [6, 6.07) is -0.0617. The van der Waals surface area contributed by atoms with Gasteiger partial charge in [0, 0.05) is 23.7 Å². The van der Waals surface area contributed by atoms with Gasteiger partial charge < -0.3 is 10.8 Å². The van der Waals surface area contributed by atoms with Gasteiger partial charge in [0.25, 0.3) is 0 Å². The number of aliphatic hydroxyl groups is 1. The lowest BCUT2D eigenvalue weighted by Gasteiger charge is -2.04. The fourth-order valence-electron chi connectivity index (χ4n) is 0.817. The summed E-state index contributed by atoms with van der Waals surface area (Å²) >= 11 is 3.21. The first-order chi connectivity index (χ1) is 5.77. The Morgan fingerprint density at radius 1 is 1.83 bits per heavy atom. The second kappa shape index (κ2) is 4.81. The Kier molecular flexibility index (Phi) is 4.00. The monoisotopic (exact) mass is 204 g/mol. The molecular weight excluding hydrogens is 192 g/mol. The molecule has 0 spiro atoms. The maximum atomic E-state index is 8.66. The van der Waals surface area contributed by atoms with Gasteiger partial charge in [-0.1, -0.05) is 11.8 Å². The molecule has 0 amide bonds. The Hall–Kier alpha value is -0.100. The quantitative estimate of drug-likeness (QED) is 0.725. The molecule has 68 valence electrons. The molecule has 0 aliphatic rings. The van der Waals surface area contributed by atoms with E-state index in [1.165, 1.54) is 0 Å². The summed E-state index contributed by atoms with van der Waals surface area (Å²) in [6.45, 7) is 0.133. The number of aliphatic hydroxyl groups excluding tert-OH is 1. The molecule has 0 radical (unpaired) electrons. The highest BCUT2D eigenvalue weighted by atomic mass is 32.2. The first-order valence-corrected chi connectivity index (χ1v) is 5.68. The molecule has 1 rings (SSSR count). The highest BCUT2D eigenvalue weighted by Gasteiger charge is 2.08. The van der Waals surface area contributed by atoms with Crippen LogP contribution in [0.25, 0.3) is 0 Å². The van der Waals surface area contributed by atoms with Crippen LogP contribution in [0.1, 0.15) is 17.3 Å². The molecule has 1 unspecified atom stereocenters. The summed E-state index contributed by atoms with van der Waals surface area (Å²) in [4.78, 5) is 5.21. The lowest BCUT2D eigenvalue weighted by atomic mass is 10.2. The Morgan fingerprint density at radius 3 is 3.08 bits per heavy atom. The molecule has 1 atom stereocenters. The number of aromatic nitrogens is 1. The van der Waals surface area contributed by atoms with Crippen molar-refractivity contribution in [3.05, 3.63) is 11.1 Å².